The van der Waals surface area contributed by atoms with Crippen molar-refractivity contribution in [1.29, 1.82) is 0 Å². The summed E-state index contributed by atoms with van der Waals surface area (Å²) < 4.78 is 41.3. The largest absolute Gasteiger partial charge is 1.00 e. The molecule has 0 aliphatic rings. The van der Waals surface area contributed by atoms with Gasteiger partial charge < -0.3 is 36.2 Å². The van der Waals surface area contributed by atoms with Crippen molar-refractivity contribution in [2.24, 2.45) is 0 Å². The smallest absolute Gasteiger partial charge is 0.744 e. The molecule has 0 radical (unpaired) electrons. The number of rotatable bonds is 15. The standard InChI is InChI=1S/C28H24Cl2N10O7S2.2Na/c29-23-35-25(31-12-13-41)39-27(36-23)34-20-11-9-17(22(15-20)49(43,44)45)7-6-16-8-10-19(14-21(16)48-47-46-42)33-28-38-24(30)37-26(40-28)32-18-4-2-1-3-5-18;;/h1-11,14-15,41-42H,12-13H2,(H,43,44,45)(H2,31,34,35,36,39)(H2,32,33,37,38,40);;/q;2*+1/p-2/b7-6+;;. The van der Waals surface area contributed by atoms with E-state index in [4.69, 9.17) is 28.3 Å². The number of hydrogen-bond acceptors (Lipinski definition) is 18. The van der Waals surface area contributed by atoms with Crippen molar-refractivity contribution in [2.45, 2.75) is 9.79 Å². The van der Waals surface area contributed by atoms with Gasteiger partial charge in [-0.25, -0.2) is 8.42 Å². The second-order valence-electron chi connectivity index (χ2n) is 9.41. The molecule has 2 aromatic heterocycles. The maximum absolute atomic E-state index is 12.2. The fourth-order valence-electron chi connectivity index (χ4n) is 4.04. The molecule has 0 aliphatic carbocycles. The van der Waals surface area contributed by atoms with Crippen LogP contribution in [-0.4, -0.2) is 61.1 Å². The molecule has 0 atom stereocenters. The Labute approximate surface area is 349 Å². The Hall–Kier alpha value is -2.70. The summed E-state index contributed by atoms with van der Waals surface area (Å²) in [5, 5.41) is 34.5. The third kappa shape index (κ3) is 13.0. The predicted molar refractivity (Wildman–Crippen MR) is 179 cm³/mol. The SMILES string of the molecule is O=S(=O)([O-])c1cc(Nc2nc(Cl)nc(NCCO)n2)ccc1/C=C/c1ccc(Nc2nc(Cl)nc(Nc3ccccc3)n2)cc1SOO[O-].[Na+].[Na+]. The monoisotopic (exact) mass is 790 g/mol. The summed E-state index contributed by atoms with van der Waals surface area (Å²) in [4.78, 5) is 24.2. The van der Waals surface area contributed by atoms with Crippen molar-refractivity contribution in [3.63, 3.8) is 0 Å². The molecule has 3 aromatic carbocycles. The van der Waals surface area contributed by atoms with E-state index in [2.05, 4.69) is 60.5 Å². The van der Waals surface area contributed by atoms with Gasteiger partial charge in [0.25, 0.3) is 0 Å². The number of halogens is 2. The first kappa shape index (κ1) is 42.7. The number of para-hydroxylation sites is 1. The van der Waals surface area contributed by atoms with E-state index in [0.29, 0.717) is 28.2 Å². The molecule has 0 spiro atoms. The average Bonchev–Trinajstić information content (AvgIpc) is 3.06. The van der Waals surface area contributed by atoms with Gasteiger partial charge in [-0.1, -0.05) is 42.5 Å². The summed E-state index contributed by atoms with van der Waals surface area (Å²) in [6.45, 7) is -0.0345. The summed E-state index contributed by atoms with van der Waals surface area (Å²) in [5.41, 5.74) is 1.85. The van der Waals surface area contributed by atoms with Gasteiger partial charge in [-0.15, -0.1) is 0 Å². The van der Waals surface area contributed by atoms with E-state index in [0.717, 1.165) is 11.8 Å². The zero-order chi connectivity index (χ0) is 34.8. The molecule has 5 rings (SSSR count). The maximum atomic E-state index is 12.2. The third-order valence-electron chi connectivity index (χ3n) is 6.04. The van der Waals surface area contributed by atoms with Crippen LogP contribution in [0.25, 0.3) is 12.2 Å². The zero-order valence-corrected chi connectivity index (χ0v) is 33.7. The van der Waals surface area contributed by atoms with Crippen molar-refractivity contribution < 1.29 is 91.8 Å². The molecule has 2 heterocycles. The molecule has 51 heavy (non-hydrogen) atoms. The molecule has 0 saturated carbocycles. The van der Waals surface area contributed by atoms with Crippen LogP contribution in [0, 0.1) is 0 Å². The molecule has 5 aromatic rings. The summed E-state index contributed by atoms with van der Waals surface area (Å²) in [6.07, 6.45) is 2.90. The molecule has 0 aliphatic heterocycles. The minimum absolute atomic E-state index is 0. The first-order valence-electron chi connectivity index (χ1n) is 13.7. The number of nitrogens with one attached hydrogen (secondary N) is 4. The van der Waals surface area contributed by atoms with E-state index in [1.165, 1.54) is 24.3 Å². The normalized spacial score (nSPS) is 11.0. The summed E-state index contributed by atoms with van der Waals surface area (Å²) in [7, 11) is -4.97. The second-order valence-corrected chi connectivity index (χ2v) is 12.2. The van der Waals surface area contributed by atoms with E-state index in [1.54, 1.807) is 18.2 Å². The molecular weight excluding hydrogens is 769 g/mol. The number of aliphatic hydroxyl groups is 1. The van der Waals surface area contributed by atoms with Crippen LogP contribution in [0.3, 0.4) is 0 Å². The number of benzene rings is 3. The first-order valence-corrected chi connectivity index (χ1v) is 16.6. The Morgan fingerprint density at radius 2 is 1.27 bits per heavy atom. The van der Waals surface area contributed by atoms with Crippen LogP contribution in [0.5, 0.6) is 0 Å². The van der Waals surface area contributed by atoms with E-state index >= 15 is 0 Å². The first-order chi connectivity index (χ1) is 23.6. The fraction of sp³-hybridized carbons (Fsp3) is 0.0714. The second kappa shape index (κ2) is 20.5. The Kier molecular flexibility index (Phi) is 17.2. The molecule has 0 fully saturated rings. The molecule has 0 amide bonds. The number of aliphatic hydroxyl groups excluding tert-OH is 1. The van der Waals surface area contributed by atoms with Crippen molar-refractivity contribution >= 4 is 98.4 Å². The quantitative estimate of drug-likeness (QED) is 0.0198. The molecule has 254 valence electrons. The van der Waals surface area contributed by atoms with Gasteiger partial charge in [0.1, 0.15) is 10.1 Å². The minimum Gasteiger partial charge on any atom is -0.744 e. The molecule has 17 nitrogen and oxygen atoms in total. The number of anilines is 7. The van der Waals surface area contributed by atoms with Crippen molar-refractivity contribution in [3.8, 4) is 0 Å². The van der Waals surface area contributed by atoms with Crippen molar-refractivity contribution in [2.75, 3.05) is 34.4 Å². The van der Waals surface area contributed by atoms with Crippen LogP contribution in [-0.2, 0) is 19.5 Å². The van der Waals surface area contributed by atoms with Crippen molar-refractivity contribution in [3.05, 3.63) is 88.4 Å². The van der Waals surface area contributed by atoms with Gasteiger partial charge >= 0.3 is 59.1 Å². The van der Waals surface area contributed by atoms with Crippen LogP contribution >= 0.6 is 35.2 Å². The molecule has 0 unspecified atom stereocenters. The topological polar surface area (TPSA) is 244 Å². The number of hydrogen-bond donors (Lipinski definition) is 5. The molecular formula is C28H22Cl2N10Na2O7S2. The van der Waals surface area contributed by atoms with Gasteiger partial charge in [-0.2, -0.15) is 34.2 Å². The Bertz CT molecular complexity index is 2080. The minimum atomic E-state index is -4.97. The van der Waals surface area contributed by atoms with Gasteiger partial charge in [0, 0.05) is 28.5 Å². The molecule has 5 N–H and O–H groups in total. The summed E-state index contributed by atoms with van der Waals surface area (Å²) in [5.74, 6) is 0.316. The van der Waals surface area contributed by atoms with Gasteiger partial charge in [0.05, 0.1) is 23.5 Å². The average molecular weight is 792 g/mol. The Morgan fingerprint density at radius 1 is 0.745 bits per heavy atom. The number of nitrogens with zero attached hydrogens (tertiary/aromatic N) is 6. The van der Waals surface area contributed by atoms with Crippen molar-refractivity contribution in [1.82, 2.24) is 29.9 Å². The maximum Gasteiger partial charge on any atom is 1.00 e. The van der Waals surface area contributed by atoms with Crippen LogP contribution in [0.15, 0.2) is 76.5 Å². The van der Waals surface area contributed by atoms with Crippen LogP contribution in [0.2, 0.25) is 10.6 Å². The van der Waals surface area contributed by atoms with E-state index < -0.39 is 15.0 Å². The molecule has 0 saturated heterocycles. The van der Waals surface area contributed by atoms with Crippen LogP contribution < -0.4 is 85.6 Å². The molecule has 0 bridgehead atoms. The Morgan fingerprint density at radius 3 is 1.86 bits per heavy atom. The molecule has 23 heteroatoms. The third-order valence-corrected chi connectivity index (χ3v) is 7.93. The van der Waals surface area contributed by atoms with E-state index in [1.807, 2.05) is 30.3 Å². The van der Waals surface area contributed by atoms with E-state index in [9.17, 15) is 18.2 Å². The zero-order valence-electron chi connectivity index (χ0n) is 26.6. The summed E-state index contributed by atoms with van der Waals surface area (Å²) in [6, 6.07) is 18.0. The summed E-state index contributed by atoms with van der Waals surface area (Å²) >= 11 is 12.6. The van der Waals surface area contributed by atoms with Gasteiger partial charge in [0.15, 0.2) is 0 Å². The van der Waals surface area contributed by atoms with Gasteiger partial charge in [-0.05, 0) is 70.7 Å². The Balaban J connectivity index is 0.00000351. The van der Waals surface area contributed by atoms with Crippen LogP contribution in [0.4, 0.5) is 40.9 Å². The van der Waals surface area contributed by atoms with E-state index in [-0.39, 0.29) is 118 Å². The van der Waals surface area contributed by atoms with Gasteiger partial charge in [-0.3, -0.25) is 5.04 Å². The number of aromatic nitrogens is 6. The van der Waals surface area contributed by atoms with Crippen LogP contribution in [0.1, 0.15) is 11.1 Å². The van der Waals surface area contributed by atoms with Gasteiger partial charge in [0.2, 0.25) is 34.4 Å². The fourth-order valence-corrected chi connectivity index (χ4v) is 5.57. The predicted octanol–water partition coefficient (Wildman–Crippen LogP) is -1.69.